The van der Waals surface area contributed by atoms with E-state index < -0.39 is 71.7 Å². The predicted octanol–water partition coefficient (Wildman–Crippen LogP) is 7.09. The van der Waals surface area contributed by atoms with Crippen molar-refractivity contribution in [3.05, 3.63) is 115 Å². The van der Waals surface area contributed by atoms with Gasteiger partial charge in [0.05, 0.1) is 0 Å². The Morgan fingerprint density at radius 1 is 0.353 bits per heavy atom. The number of hydroxylamine groups is 4. The van der Waals surface area contributed by atoms with Crippen molar-refractivity contribution in [2.24, 2.45) is 0 Å². The minimum Gasteiger partial charge on any atom is -0.483 e. The Hall–Kier alpha value is -6.20. The molecule has 0 atom stereocenters. The highest BCUT2D eigenvalue weighted by atomic mass is 16.5. The molecule has 16 heteroatoms. The van der Waals surface area contributed by atoms with Crippen LogP contribution in [0.15, 0.2) is 48.5 Å². The second-order valence-corrected chi connectivity index (χ2v) is 21.5. The standard InChI is InChI=1S/C52H68N4O12/c1-49(2,3)37-17-29-13-31-19-38(50(4,5)6)21-33(46(31)66-26-42(58)54-62)15-35-23-40(52(10,11)12)24-36(48(35)68-28-44(60)56-64)16-34-22-39(51(7,8)9)20-32(47(34)67-27-43(59)55-63)14-30(18-37)45(29)65-25-41(57)53-61/h17-24,61-64H,13-16,25-28H2,1-12H3,(H,53,57)(H,54,58)(H,55,59)(H,56,60). The fourth-order valence-electron chi connectivity index (χ4n) is 8.04. The van der Waals surface area contributed by atoms with Crippen LogP contribution in [0.3, 0.4) is 0 Å². The van der Waals surface area contributed by atoms with Crippen LogP contribution in [0.5, 0.6) is 23.0 Å². The van der Waals surface area contributed by atoms with E-state index in [2.05, 4.69) is 83.1 Å². The molecule has 1 aliphatic carbocycles. The predicted molar refractivity (Wildman–Crippen MR) is 253 cm³/mol. The summed E-state index contributed by atoms with van der Waals surface area (Å²) in [5.74, 6) is -1.79. The largest absolute Gasteiger partial charge is 0.483 e. The molecule has 1 aliphatic rings. The van der Waals surface area contributed by atoms with E-state index in [1.54, 1.807) is 21.9 Å². The van der Waals surface area contributed by atoms with Crippen molar-refractivity contribution in [2.45, 2.75) is 130 Å². The quantitative estimate of drug-likeness (QED) is 0.0463. The lowest BCUT2D eigenvalue weighted by atomic mass is 9.79. The number of ether oxygens (including phenoxy) is 4. The fraction of sp³-hybridized carbons (Fsp3) is 0.462. The Bertz CT molecular complexity index is 2100. The van der Waals surface area contributed by atoms with Crippen molar-refractivity contribution < 1.29 is 59.0 Å². The molecule has 368 valence electrons. The number of rotatable bonds is 12. The van der Waals surface area contributed by atoms with Crippen molar-refractivity contribution in [2.75, 3.05) is 26.4 Å². The molecule has 0 unspecified atom stereocenters. The number of nitrogens with one attached hydrogen (secondary N) is 4. The van der Waals surface area contributed by atoms with E-state index in [1.165, 1.54) is 0 Å². The van der Waals surface area contributed by atoms with Crippen LogP contribution in [0, 0.1) is 0 Å². The molecule has 0 saturated carbocycles. The van der Waals surface area contributed by atoms with Gasteiger partial charge < -0.3 is 18.9 Å². The Balaban J connectivity index is 2.05. The van der Waals surface area contributed by atoms with Crippen LogP contribution >= 0.6 is 0 Å². The first-order chi connectivity index (χ1) is 31.7. The molecule has 0 aliphatic heterocycles. The van der Waals surface area contributed by atoms with Gasteiger partial charge in [-0.1, -0.05) is 132 Å². The summed E-state index contributed by atoms with van der Waals surface area (Å²) in [4.78, 5) is 50.9. The lowest BCUT2D eigenvalue weighted by Gasteiger charge is -2.29. The van der Waals surface area contributed by atoms with E-state index in [-0.39, 0.29) is 25.7 Å². The van der Waals surface area contributed by atoms with E-state index in [1.807, 2.05) is 48.5 Å². The van der Waals surface area contributed by atoms with Crippen LogP contribution < -0.4 is 40.9 Å². The highest BCUT2D eigenvalue weighted by molar-refractivity contribution is 5.78. The van der Waals surface area contributed by atoms with Crippen molar-refractivity contribution >= 4 is 23.6 Å². The molecule has 0 saturated heterocycles. The van der Waals surface area contributed by atoms with Gasteiger partial charge in [0, 0.05) is 25.7 Å². The van der Waals surface area contributed by atoms with Crippen molar-refractivity contribution in [3.63, 3.8) is 0 Å². The third kappa shape index (κ3) is 13.1. The maximum atomic E-state index is 12.7. The van der Waals surface area contributed by atoms with Gasteiger partial charge in [-0.2, -0.15) is 0 Å². The topological polar surface area (TPSA) is 234 Å². The Morgan fingerprint density at radius 3 is 0.618 bits per heavy atom. The number of carbonyl (C=O) groups excluding carboxylic acids is 4. The molecule has 68 heavy (non-hydrogen) atoms. The van der Waals surface area contributed by atoms with Crippen LogP contribution in [-0.4, -0.2) is 70.9 Å². The van der Waals surface area contributed by atoms with Gasteiger partial charge >= 0.3 is 0 Å². The smallest absolute Gasteiger partial charge is 0.281 e. The first-order valence-electron chi connectivity index (χ1n) is 22.5. The minimum absolute atomic E-state index is 0.139. The number of fused-ring (bicyclic) bond motifs is 8. The molecule has 4 amide bonds. The van der Waals surface area contributed by atoms with E-state index >= 15 is 0 Å². The number of hydrogen-bond acceptors (Lipinski definition) is 12. The van der Waals surface area contributed by atoms with Crippen LogP contribution in [0.4, 0.5) is 0 Å². The summed E-state index contributed by atoms with van der Waals surface area (Å²) in [5, 5.41) is 38.4. The highest BCUT2D eigenvalue weighted by Crippen LogP contribution is 2.44. The number of amides is 4. The lowest BCUT2D eigenvalue weighted by Crippen LogP contribution is -2.27. The van der Waals surface area contributed by atoms with Gasteiger partial charge in [-0.25, -0.2) is 21.9 Å². The van der Waals surface area contributed by atoms with Gasteiger partial charge in [0.15, 0.2) is 26.4 Å². The third-order valence-electron chi connectivity index (χ3n) is 11.8. The Morgan fingerprint density at radius 2 is 0.500 bits per heavy atom. The lowest BCUT2D eigenvalue weighted by molar-refractivity contribution is -0.131. The summed E-state index contributed by atoms with van der Waals surface area (Å²) in [7, 11) is 0. The molecule has 16 nitrogen and oxygen atoms in total. The average molecular weight is 941 g/mol. The normalized spacial score (nSPS) is 12.9. The second kappa shape index (κ2) is 21.0. The summed E-state index contributed by atoms with van der Waals surface area (Å²) in [5.41, 5.74) is 13.8. The highest BCUT2D eigenvalue weighted by Gasteiger charge is 2.30. The van der Waals surface area contributed by atoms with E-state index in [4.69, 9.17) is 18.9 Å². The molecule has 0 heterocycles. The Labute approximate surface area is 398 Å². The minimum atomic E-state index is -0.790. The van der Waals surface area contributed by atoms with Crippen molar-refractivity contribution in [1.82, 2.24) is 21.9 Å². The molecule has 4 aromatic rings. The summed E-state index contributed by atoms with van der Waals surface area (Å²) < 4.78 is 25.7. The summed E-state index contributed by atoms with van der Waals surface area (Å²) in [6.07, 6.45) is 0.558. The van der Waals surface area contributed by atoms with Gasteiger partial charge in [-0.3, -0.25) is 40.0 Å². The summed E-state index contributed by atoms with van der Waals surface area (Å²) in [6.45, 7) is 22.7. The van der Waals surface area contributed by atoms with E-state index in [0.717, 1.165) is 22.3 Å². The SMILES string of the molecule is CC(C)(C)c1cc2c(OCC(=O)NO)c(c1)Cc1cc(C(C)(C)C)cc(c1OCC(=O)NO)Cc1cc(C(C)(C)C)cc(c1OCC(=O)NO)Cc1cc(C(C)(C)C)cc(c1OCC(=O)NO)C2. The van der Waals surface area contributed by atoms with Crippen molar-refractivity contribution in [1.29, 1.82) is 0 Å². The second-order valence-electron chi connectivity index (χ2n) is 21.5. The average Bonchev–Trinajstić information content (AvgIpc) is 3.25. The number of benzene rings is 4. The third-order valence-corrected chi connectivity index (χ3v) is 11.8. The van der Waals surface area contributed by atoms with Crippen LogP contribution in [-0.2, 0) is 66.5 Å². The van der Waals surface area contributed by atoms with Gasteiger partial charge in [0.1, 0.15) is 23.0 Å². The van der Waals surface area contributed by atoms with Gasteiger partial charge in [0.25, 0.3) is 23.6 Å². The molecule has 8 N–H and O–H groups in total. The Kier molecular flexibility index (Phi) is 16.3. The van der Waals surface area contributed by atoms with E-state index in [9.17, 15) is 40.0 Å². The maximum Gasteiger partial charge on any atom is 0.281 e. The molecule has 0 spiro atoms. The summed E-state index contributed by atoms with van der Waals surface area (Å²) in [6, 6.07) is 16.0. The van der Waals surface area contributed by atoms with Gasteiger partial charge in [-0.05, 0) is 88.4 Å². The maximum absolute atomic E-state index is 12.7. The molecule has 8 bridgehead atoms. The van der Waals surface area contributed by atoms with Crippen LogP contribution in [0.25, 0.3) is 0 Å². The number of carbonyl (C=O) groups is 4. The molecule has 0 aromatic heterocycles. The molecule has 4 aromatic carbocycles. The van der Waals surface area contributed by atoms with Crippen molar-refractivity contribution in [3.8, 4) is 23.0 Å². The molecule has 0 fully saturated rings. The first kappa shape index (κ1) is 52.8. The molecular weight excluding hydrogens is 873 g/mol. The zero-order chi connectivity index (χ0) is 50.5. The zero-order valence-electron chi connectivity index (χ0n) is 41.3. The summed E-state index contributed by atoms with van der Waals surface area (Å²) >= 11 is 0. The van der Waals surface area contributed by atoms with Crippen LogP contribution in [0.1, 0.15) is 150 Å². The van der Waals surface area contributed by atoms with Crippen LogP contribution in [0.2, 0.25) is 0 Å². The number of hydrogen-bond donors (Lipinski definition) is 8. The molecule has 0 radical (unpaired) electrons. The zero-order valence-corrected chi connectivity index (χ0v) is 41.3. The molecular formula is C52H68N4O12. The van der Waals surface area contributed by atoms with Gasteiger partial charge in [-0.15, -0.1) is 0 Å². The monoisotopic (exact) mass is 940 g/mol. The first-order valence-corrected chi connectivity index (χ1v) is 22.5. The fourth-order valence-corrected chi connectivity index (χ4v) is 8.04. The van der Waals surface area contributed by atoms with Gasteiger partial charge in [0.2, 0.25) is 0 Å². The molecule has 5 rings (SSSR count). The van der Waals surface area contributed by atoms with E-state index in [0.29, 0.717) is 67.5 Å².